The van der Waals surface area contributed by atoms with E-state index in [2.05, 4.69) is 107 Å². The Morgan fingerprint density at radius 2 is 1.70 bits per heavy atom. The molecule has 0 spiro atoms. The van der Waals surface area contributed by atoms with Gasteiger partial charge in [0.15, 0.2) is 12.7 Å². The minimum Gasteiger partial charge on any atom is -0.465 e. The number of quaternary nitrogens is 1. The summed E-state index contributed by atoms with van der Waals surface area (Å²) in [6.07, 6.45) is -0.103. The molecule has 0 fully saturated rings. The van der Waals surface area contributed by atoms with Crippen LogP contribution in [0.2, 0.25) is 0 Å². The van der Waals surface area contributed by atoms with Crippen molar-refractivity contribution in [1.29, 1.82) is 0 Å². The van der Waals surface area contributed by atoms with E-state index < -0.39 is 0 Å². The second-order valence-electron chi connectivity index (χ2n) is 8.24. The van der Waals surface area contributed by atoms with E-state index >= 15 is 0 Å². The van der Waals surface area contributed by atoms with Crippen LogP contribution in [0.1, 0.15) is 42.7 Å². The quantitative estimate of drug-likeness (QED) is 0.459. The zero-order valence-electron chi connectivity index (χ0n) is 19.3. The van der Waals surface area contributed by atoms with Crippen molar-refractivity contribution in [2.24, 2.45) is 0 Å². The zero-order valence-corrected chi connectivity index (χ0v) is 20.9. The second-order valence-corrected chi connectivity index (χ2v) is 9.16. The van der Waals surface area contributed by atoms with Crippen LogP contribution in [-0.2, 0) is 9.53 Å². The molecule has 33 heavy (non-hydrogen) atoms. The number of nitrogens with zero attached hydrogens (tertiary/aromatic N) is 1. The van der Waals surface area contributed by atoms with Crippen LogP contribution in [0.3, 0.4) is 0 Å². The molecule has 0 aliphatic carbocycles. The highest BCUT2D eigenvalue weighted by atomic mass is 79.9. The summed E-state index contributed by atoms with van der Waals surface area (Å²) >= 11 is 3.64. The fourth-order valence-electron chi connectivity index (χ4n) is 4.76. The Labute approximate surface area is 204 Å². The number of fused-ring (bicyclic) bond motifs is 1. The molecule has 1 unspecified atom stereocenters. The first kappa shape index (κ1) is 23.3. The van der Waals surface area contributed by atoms with E-state index in [4.69, 9.17) is 4.74 Å². The number of carbonyl (C=O) groups is 1. The van der Waals surface area contributed by atoms with Gasteiger partial charge in [-0.05, 0) is 56.3 Å². The Bertz CT molecular complexity index is 1080. The lowest BCUT2D eigenvalue weighted by molar-refractivity contribution is -0.947. The molecule has 1 aliphatic heterocycles. The summed E-state index contributed by atoms with van der Waals surface area (Å²) in [6.45, 7) is 6.52. The number of hydrogen-bond acceptors (Lipinski definition) is 4. The summed E-state index contributed by atoms with van der Waals surface area (Å²) in [6, 6.07) is 25.4. The standard InChI is InChI=1S/C27H30BrN3O2/c1-4-30(5-2)22-14-11-20(12-15-22)27-29-24-16-13-21(28)17-23(24)26(19-9-7-6-8-10-19)31(27)18-25(32)33-3/h6-17,26-27,29H,4-5,18H2,1-3H3/p+1/t26-,27+/m1/s1. The Morgan fingerprint density at radius 3 is 2.33 bits per heavy atom. The smallest absolute Gasteiger partial charge is 0.361 e. The van der Waals surface area contributed by atoms with E-state index in [1.807, 2.05) is 6.07 Å². The summed E-state index contributed by atoms with van der Waals surface area (Å²) in [5, 5.41) is 3.72. The molecular weight excluding hydrogens is 478 g/mol. The van der Waals surface area contributed by atoms with Crippen molar-refractivity contribution in [2.75, 3.05) is 37.0 Å². The van der Waals surface area contributed by atoms with Crippen molar-refractivity contribution < 1.29 is 14.4 Å². The first-order valence-corrected chi connectivity index (χ1v) is 12.2. The van der Waals surface area contributed by atoms with Gasteiger partial charge < -0.3 is 15.0 Å². The number of benzene rings is 3. The number of anilines is 2. The number of esters is 1. The molecule has 3 atom stereocenters. The van der Waals surface area contributed by atoms with Gasteiger partial charge in [0, 0.05) is 45.6 Å². The average molecular weight is 509 g/mol. The number of carbonyl (C=O) groups excluding carboxylic acids is 1. The number of methoxy groups -OCH3 is 1. The zero-order chi connectivity index (χ0) is 23.4. The first-order valence-electron chi connectivity index (χ1n) is 11.4. The van der Waals surface area contributed by atoms with E-state index in [0.29, 0.717) is 0 Å². The number of halogens is 1. The molecule has 3 aromatic rings. The molecule has 172 valence electrons. The monoisotopic (exact) mass is 508 g/mol. The third-order valence-corrected chi connectivity index (χ3v) is 6.92. The molecule has 2 N–H and O–H groups in total. The van der Waals surface area contributed by atoms with Gasteiger partial charge in [0.2, 0.25) is 0 Å². The molecule has 0 bridgehead atoms. The SMILES string of the molecule is CCN(CC)c1ccc([C@H]2Nc3ccc(Br)cc3[C@@H](c3ccccc3)[NH+]2CC(=O)OC)cc1. The van der Waals surface area contributed by atoms with Gasteiger partial charge in [-0.1, -0.05) is 46.3 Å². The highest BCUT2D eigenvalue weighted by Crippen LogP contribution is 2.35. The minimum absolute atomic E-state index is 0.0218. The van der Waals surface area contributed by atoms with Crippen LogP contribution in [-0.4, -0.2) is 32.7 Å². The third kappa shape index (κ3) is 4.92. The predicted octanol–water partition coefficient (Wildman–Crippen LogP) is 4.57. The third-order valence-electron chi connectivity index (χ3n) is 6.43. The summed E-state index contributed by atoms with van der Waals surface area (Å²) in [5.41, 5.74) is 5.75. The predicted molar refractivity (Wildman–Crippen MR) is 137 cm³/mol. The van der Waals surface area contributed by atoms with Gasteiger partial charge in [-0.2, -0.15) is 0 Å². The molecule has 0 radical (unpaired) electrons. The van der Waals surface area contributed by atoms with Crippen LogP contribution < -0.4 is 15.1 Å². The van der Waals surface area contributed by atoms with E-state index in [1.54, 1.807) is 0 Å². The molecule has 1 heterocycles. The molecule has 0 saturated carbocycles. The number of nitrogens with one attached hydrogen (secondary N) is 2. The van der Waals surface area contributed by atoms with Crippen LogP contribution in [0.4, 0.5) is 11.4 Å². The highest BCUT2D eigenvalue weighted by molar-refractivity contribution is 9.10. The normalized spacial score (nSPS) is 19.3. The van der Waals surface area contributed by atoms with Gasteiger partial charge in [0.05, 0.1) is 7.11 Å². The minimum atomic E-state index is -0.226. The molecule has 0 aromatic heterocycles. The topological polar surface area (TPSA) is 46.0 Å². The molecule has 0 amide bonds. The van der Waals surface area contributed by atoms with Crippen molar-refractivity contribution in [2.45, 2.75) is 26.1 Å². The number of rotatable bonds is 7. The van der Waals surface area contributed by atoms with Gasteiger partial charge in [0.1, 0.15) is 6.04 Å². The van der Waals surface area contributed by atoms with E-state index in [9.17, 15) is 4.79 Å². The van der Waals surface area contributed by atoms with E-state index in [0.717, 1.165) is 39.3 Å². The molecule has 6 heteroatoms. The lowest BCUT2D eigenvalue weighted by atomic mass is 9.91. The van der Waals surface area contributed by atoms with Crippen LogP contribution in [0, 0.1) is 0 Å². The summed E-state index contributed by atoms with van der Waals surface area (Å²) < 4.78 is 6.13. The van der Waals surface area contributed by atoms with Gasteiger partial charge in [-0.3, -0.25) is 4.90 Å². The highest BCUT2D eigenvalue weighted by Gasteiger charge is 2.41. The molecule has 4 rings (SSSR count). The molecule has 5 nitrogen and oxygen atoms in total. The molecule has 0 saturated heterocycles. The van der Waals surface area contributed by atoms with Crippen LogP contribution in [0.15, 0.2) is 77.3 Å². The van der Waals surface area contributed by atoms with Crippen LogP contribution in [0.25, 0.3) is 0 Å². The van der Waals surface area contributed by atoms with Crippen molar-refractivity contribution in [3.05, 3.63) is 94.0 Å². The molecule has 3 aromatic carbocycles. The summed E-state index contributed by atoms with van der Waals surface area (Å²) in [5.74, 6) is -0.226. The second kappa shape index (κ2) is 10.4. The fraction of sp³-hybridized carbons (Fsp3) is 0.296. The number of ether oxygens (including phenoxy) is 1. The summed E-state index contributed by atoms with van der Waals surface area (Å²) in [4.78, 5) is 16.0. The Kier molecular flexibility index (Phi) is 7.36. The van der Waals surface area contributed by atoms with Crippen molar-refractivity contribution in [3.8, 4) is 0 Å². The Morgan fingerprint density at radius 1 is 1.00 bits per heavy atom. The Hall–Kier alpha value is -2.83. The van der Waals surface area contributed by atoms with Gasteiger partial charge in [-0.25, -0.2) is 4.79 Å². The van der Waals surface area contributed by atoms with Crippen LogP contribution >= 0.6 is 15.9 Å². The summed E-state index contributed by atoms with van der Waals surface area (Å²) in [7, 11) is 1.45. The van der Waals surface area contributed by atoms with Crippen molar-refractivity contribution in [1.82, 2.24) is 0 Å². The molecule has 1 aliphatic rings. The largest absolute Gasteiger partial charge is 0.465 e. The van der Waals surface area contributed by atoms with Crippen LogP contribution in [0.5, 0.6) is 0 Å². The van der Waals surface area contributed by atoms with E-state index in [1.165, 1.54) is 18.4 Å². The maximum absolute atomic E-state index is 12.5. The number of hydrogen-bond donors (Lipinski definition) is 2. The van der Waals surface area contributed by atoms with E-state index in [-0.39, 0.29) is 24.7 Å². The fourth-order valence-corrected chi connectivity index (χ4v) is 5.14. The average Bonchev–Trinajstić information content (AvgIpc) is 2.85. The lowest BCUT2D eigenvalue weighted by Gasteiger charge is -2.41. The van der Waals surface area contributed by atoms with Gasteiger partial charge in [0.25, 0.3) is 0 Å². The van der Waals surface area contributed by atoms with Crippen molar-refractivity contribution in [3.63, 3.8) is 0 Å². The lowest BCUT2D eigenvalue weighted by Crippen LogP contribution is -3.15. The first-order chi connectivity index (χ1) is 16.0. The van der Waals surface area contributed by atoms with Gasteiger partial charge in [-0.15, -0.1) is 0 Å². The maximum atomic E-state index is 12.5. The Balaban J connectivity index is 1.82. The van der Waals surface area contributed by atoms with Gasteiger partial charge >= 0.3 is 5.97 Å². The maximum Gasteiger partial charge on any atom is 0.361 e. The molecular formula is C27H31BrN3O2+. The van der Waals surface area contributed by atoms with Crippen molar-refractivity contribution >= 4 is 33.3 Å².